The van der Waals surface area contributed by atoms with Gasteiger partial charge < -0.3 is 14.1 Å². The summed E-state index contributed by atoms with van der Waals surface area (Å²) in [4.78, 5) is 16.3. The SMILES string of the molecule is Cc1cccc(OCc2nnc(S[C@@H](C)C(=O)c3c(C)[nH]c4ccccc34)o2)c1. The van der Waals surface area contributed by atoms with Crippen LogP contribution in [0.2, 0.25) is 0 Å². The Morgan fingerprint density at radius 1 is 1.17 bits per heavy atom. The molecule has 2 aromatic heterocycles. The molecular weight excluding hydrogens is 386 g/mol. The van der Waals surface area contributed by atoms with Crippen LogP contribution >= 0.6 is 11.8 Å². The van der Waals surface area contributed by atoms with E-state index < -0.39 is 0 Å². The lowest BCUT2D eigenvalue weighted by molar-refractivity contribution is 0.0994. The van der Waals surface area contributed by atoms with E-state index in [-0.39, 0.29) is 17.6 Å². The van der Waals surface area contributed by atoms with Crippen molar-refractivity contribution in [2.45, 2.75) is 37.9 Å². The van der Waals surface area contributed by atoms with E-state index in [0.29, 0.717) is 16.7 Å². The largest absolute Gasteiger partial charge is 0.484 e. The molecule has 0 unspecified atom stereocenters. The monoisotopic (exact) mass is 407 g/mol. The van der Waals surface area contributed by atoms with E-state index in [1.165, 1.54) is 11.8 Å². The fourth-order valence-corrected chi connectivity index (χ4v) is 3.96. The molecule has 4 rings (SSSR count). The first-order valence-corrected chi connectivity index (χ1v) is 10.2. The van der Waals surface area contributed by atoms with Crippen molar-refractivity contribution in [1.82, 2.24) is 15.2 Å². The third kappa shape index (κ3) is 4.19. The van der Waals surface area contributed by atoms with Crippen molar-refractivity contribution in [2.75, 3.05) is 0 Å². The molecule has 0 spiro atoms. The highest BCUT2D eigenvalue weighted by atomic mass is 32.2. The van der Waals surface area contributed by atoms with Gasteiger partial charge in [-0.05, 0) is 44.5 Å². The second-order valence-electron chi connectivity index (χ2n) is 6.86. The number of ether oxygens (including phenoxy) is 1. The number of aryl methyl sites for hydroxylation is 2. The number of H-pyrrole nitrogens is 1. The van der Waals surface area contributed by atoms with Crippen LogP contribution in [0.25, 0.3) is 10.9 Å². The van der Waals surface area contributed by atoms with Gasteiger partial charge in [0.2, 0.25) is 0 Å². The van der Waals surface area contributed by atoms with E-state index in [1.807, 2.05) is 69.3 Å². The third-order valence-corrected chi connectivity index (χ3v) is 5.52. The maximum Gasteiger partial charge on any atom is 0.277 e. The predicted octanol–water partition coefficient (Wildman–Crippen LogP) is 5.11. The Hall–Kier alpha value is -3.06. The number of aromatic amines is 1. The van der Waals surface area contributed by atoms with Crippen molar-refractivity contribution in [3.8, 4) is 5.75 Å². The molecule has 0 saturated carbocycles. The van der Waals surface area contributed by atoms with Gasteiger partial charge >= 0.3 is 0 Å². The molecule has 0 fully saturated rings. The molecule has 1 N–H and O–H groups in total. The molecule has 0 bridgehead atoms. The van der Waals surface area contributed by atoms with Gasteiger partial charge in [-0.15, -0.1) is 10.2 Å². The van der Waals surface area contributed by atoms with Crippen LogP contribution in [0.4, 0.5) is 0 Å². The van der Waals surface area contributed by atoms with Crippen LogP contribution in [-0.2, 0) is 6.61 Å². The summed E-state index contributed by atoms with van der Waals surface area (Å²) in [7, 11) is 0. The molecule has 148 valence electrons. The van der Waals surface area contributed by atoms with E-state index in [4.69, 9.17) is 9.15 Å². The van der Waals surface area contributed by atoms with Crippen LogP contribution in [0, 0.1) is 13.8 Å². The predicted molar refractivity (Wildman–Crippen MR) is 112 cm³/mol. The molecule has 1 atom stereocenters. The summed E-state index contributed by atoms with van der Waals surface area (Å²) in [6.07, 6.45) is 0. The van der Waals surface area contributed by atoms with Crippen molar-refractivity contribution in [3.63, 3.8) is 0 Å². The van der Waals surface area contributed by atoms with Gasteiger partial charge in [0.1, 0.15) is 5.75 Å². The number of hydrogen-bond acceptors (Lipinski definition) is 6. The number of carbonyl (C=O) groups is 1. The lowest BCUT2D eigenvalue weighted by Gasteiger charge is -2.08. The van der Waals surface area contributed by atoms with E-state index in [9.17, 15) is 4.79 Å². The number of nitrogens with zero attached hydrogens (tertiary/aromatic N) is 2. The number of ketones is 1. The molecule has 29 heavy (non-hydrogen) atoms. The van der Waals surface area contributed by atoms with Gasteiger partial charge in [-0.2, -0.15) is 0 Å². The van der Waals surface area contributed by atoms with Crippen LogP contribution in [0.3, 0.4) is 0 Å². The Morgan fingerprint density at radius 2 is 2.00 bits per heavy atom. The zero-order chi connectivity index (χ0) is 20.4. The Kier molecular flexibility index (Phi) is 5.40. The lowest BCUT2D eigenvalue weighted by Crippen LogP contribution is -2.14. The van der Waals surface area contributed by atoms with Crippen LogP contribution in [0.15, 0.2) is 58.2 Å². The molecule has 7 heteroatoms. The zero-order valence-electron chi connectivity index (χ0n) is 16.4. The lowest BCUT2D eigenvalue weighted by atomic mass is 10.1. The van der Waals surface area contributed by atoms with Gasteiger partial charge in [0, 0.05) is 22.2 Å². The number of Topliss-reactive ketones (excluding diaryl/α,β-unsaturated/α-hetero) is 1. The molecule has 0 radical (unpaired) electrons. The number of nitrogens with one attached hydrogen (secondary N) is 1. The first kappa shape index (κ1) is 19.3. The fourth-order valence-electron chi connectivity index (χ4n) is 3.20. The standard InChI is InChI=1S/C22H21N3O3S/c1-13-7-6-8-16(11-13)27-12-19-24-25-22(28-19)29-15(3)21(26)20-14(2)23-18-10-5-4-9-17(18)20/h4-11,15,23H,12H2,1-3H3/t15-/m0/s1. The van der Waals surface area contributed by atoms with E-state index >= 15 is 0 Å². The zero-order valence-corrected chi connectivity index (χ0v) is 17.2. The second kappa shape index (κ2) is 8.13. The first-order chi connectivity index (χ1) is 14.0. The average Bonchev–Trinajstić information content (AvgIpc) is 3.28. The number of thioether (sulfide) groups is 1. The summed E-state index contributed by atoms with van der Waals surface area (Å²) in [6.45, 7) is 5.95. The van der Waals surface area contributed by atoms with Crippen LogP contribution in [0.5, 0.6) is 5.75 Å². The van der Waals surface area contributed by atoms with Crippen molar-refractivity contribution in [3.05, 3.63) is 71.2 Å². The minimum Gasteiger partial charge on any atom is -0.484 e. The van der Waals surface area contributed by atoms with Gasteiger partial charge in [-0.25, -0.2) is 0 Å². The number of hydrogen-bond donors (Lipinski definition) is 1. The molecule has 0 aliphatic carbocycles. The first-order valence-electron chi connectivity index (χ1n) is 9.31. The molecule has 0 aliphatic heterocycles. The molecule has 0 saturated heterocycles. The summed E-state index contributed by atoms with van der Waals surface area (Å²) in [6, 6.07) is 15.6. The summed E-state index contributed by atoms with van der Waals surface area (Å²) in [5.41, 5.74) is 3.65. The minimum absolute atomic E-state index is 0.0284. The number of fused-ring (bicyclic) bond motifs is 1. The Morgan fingerprint density at radius 3 is 2.83 bits per heavy atom. The van der Waals surface area contributed by atoms with Gasteiger partial charge in [-0.3, -0.25) is 4.79 Å². The fraction of sp³-hybridized carbons (Fsp3) is 0.227. The van der Waals surface area contributed by atoms with Crippen molar-refractivity contribution in [2.24, 2.45) is 0 Å². The van der Waals surface area contributed by atoms with Gasteiger partial charge in [0.05, 0.1) is 5.25 Å². The summed E-state index contributed by atoms with van der Waals surface area (Å²) < 4.78 is 11.3. The summed E-state index contributed by atoms with van der Waals surface area (Å²) in [5.74, 6) is 1.15. The number of para-hydroxylation sites is 1. The smallest absolute Gasteiger partial charge is 0.277 e. The van der Waals surface area contributed by atoms with Crippen LogP contribution in [-0.4, -0.2) is 26.2 Å². The minimum atomic E-state index is -0.362. The Bertz CT molecular complexity index is 1170. The van der Waals surface area contributed by atoms with Crippen LogP contribution < -0.4 is 4.74 Å². The molecule has 4 aromatic rings. The molecule has 0 aliphatic rings. The second-order valence-corrected chi connectivity index (χ2v) is 8.15. The number of carbonyl (C=O) groups excluding carboxylic acids is 1. The summed E-state index contributed by atoms with van der Waals surface area (Å²) >= 11 is 1.25. The number of aromatic nitrogens is 3. The number of rotatable bonds is 7. The highest BCUT2D eigenvalue weighted by Crippen LogP contribution is 2.29. The van der Waals surface area contributed by atoms with Crippen molar-refractivity contribution >= 4 is 28.4 Å². The summed E-state index contributed by atoms with van der Waals surface area (Å²) in [5, 5.41) is 8.98. The van der Waals surface area contributed by atoms with Crippen molar-refractivity contribution in [1.29, 1.82) is 0 Å². The van der Waals surface area contributed by atoms with Crippen LogP contribution in [0.1, 0.15) is 34.4 Å². The maximum absolute atomic E-state index is 13.0. The van der Waals surface area contributed by atoms with E-state index in [2.05, 4.69) is 15.2 Å². The normalized spacial score (nSPS) is 12.2. The average molecular weight is 407 g/mol. The van der Waals surface area contributed by atoms with Gasteiger partial charge in [0.15, 0.2) is 12.4 Å². The maximum atomic E-state index is 13.0. The molecule has 2 aromatic carbocycles. The molecule has 2 heterocycles. The van der Waals surface area contributed by atoms with E-state index in [1.54, 1.807) is 0 Å². The van der Waals surface area contributed by atoms with Gasteiger partial charge in [-0.1, -0.05) is 42.1 Å². The molecular formula is C22H21N3O3S. The molecule has 6 nitrogen and oxygen atoms in total. The highest BCUT2D eigenvalue weighted by molar-refractivity contribution is 8.00. The Labute approximate surface area is 172 Å². The number of benzene rings is 2. The highest BCUT2D eigenvalue weighted by Gasteiger charge is 2.24. The Balaban J connectivity index is 1.42. The molecule has 0 amide bonds. The van der Waals surface area contributed by atoms with Gasteiger partial charge in [0.25, 0.3) is 11.1 Å². The van der Waals surface area contributed by atoms with E-state index in [0.717, 1.165) is 27.9 Å². The van der Waals surface area contributed by atoms with Crippen molar-refractivity contribution < 1.29 is 13.9 Å². The quantitative estimate of drug-likeness (QED) is 0.339. The third-order valence-electron chi connectivity index (χ3n) is 4.59. The topological polar surface area (TPSA) is 81.0 Å².